The van der Waals surface area contributed by atoms with Gasteiger partial charge in [-0.2, -0.15) is 13.2 Å². The number of piperazine rings is 1. The number of β-amino-alcohol motifs (C(OH)–C–C–N with tert-alkyl or cyclic N) is 1. The normalized spacial score (nSPS) is 41.6. The summed E-state index contributed by atoms with van der Waals surface area (Å²) in [5.74, 6) is -2.42. The molecule has 6 rings (SSSR count). The Morgan fingerprint density at radius 1 is 1.06 bits per heavy atom. The van der Waals surface area contributed by atoms with Gasteiger partial charge in [-0.05, 0) is 37.7 Å². The molecule has 7 nitrogen and oxygen atoms in total. The van der Waals surface area contributed by atoms with Gasteiger partial charge in [-0.15, -0.1) is 0 Å². The average Bonchev–Trinajstić information content (AvgIpc) is 2.95. The molecule has 0 aromatic carbocycles. The van der Waals surface area contributed by atoms with Gasteiger partial charge in [0.25, 0.3) is 0 Å². The molecule has 2 bridgehead atoms. The third-order valence-corrected chi connectivity index (χ3v) is 7.73. The van der Waals surface area contributed by atoms with Crippen LogP contribution in [0.1, 0.15) is 39.0 Å². The highest BCUT2D eigenvalue weighted by Crippen LogP contribution is 2.60. The number of aliphatic hydroxyl groups excluding tert-OH is 1. The molecule has 5 heterocycles. The maximum atomic E-state index is 14.2. The predicted molar refractivity (Wildman–Crippen MR) is 102 cm³/mol. The highest BCUT2D eigenvalue weighted by Gasteiger charge is 2.69. The Labute approximate surface area is 180 Å². The zero-order valence-corrected chi connectivity index (χ0v) is 17.8. The third kappa shape index (κ3) is 3.69. The van der Waals surface area contributed by atoms with E-state index in [4.69, 9.17) is 24.4 Å². The lowest BCUT2D eigenvalue weighted by Gasteiger charge is -2.56. The number of fused-ring (bicyclic) bond motifs is 2. The Bertz CT molecular complexity index is 726. The van der Waals surface area contributed by atoms with Crippen LogP contribution < -0.4 is 0 Å². The van der Waals surface area contributed by atoms with Gasteiger partial charge in [0.05, 0.1) is 6.61 Å². The van der Waals surface area contributed by atoms with E-state index in [9.17, 15) is 13.2 Å². The second-order valence-corrected chi connectivity index (χ2v) is 9.63. The van der Waals surface area contributed by atoms with Crippen LogP contribution in [0, 0.1) is 11.8 Å². The van der Waals surface area contributed by atoms with Crippen LogP contribution in [-0.2, 0) is 19.2 Å². The van der Waals surface area contributed by atoms with Crippen molar-refractivity contribution in [2.75, 3.05) is 45.9 Å². The predicted octanol–water partition coefficient (Wildman–Crippen LogP) is 2.41. The van der Waals surface area contributed by atoms with Crippen molar-refractivity contribution in [1.29, 1.82) is 0 Å². The van der Waals surface area contributed by atoms with Crippen molar-refractivity contribution in [3.63, 3.8) is 0 Å². The zero-order valence-electron chi connectivity index (χ0n) is 17.8. The van der Waals surface area contributed by atoms with Crippen LogP contribution in [0.5, 0.6) is 0 Å². The molecule has 0 aromatic heterocycles. The number of hydrogen-bond donors (Lipinski definition) is 1. The molecule has 1 saturated carbocycles. The summed E-state index contributed by atoms with van der Waals surface area (Å²) in [6, 6.07) is 0. The fourth-order valence-electron chi connectivity index (χ4n) is 6.12. The first-order valence-electron chi connectivity index (χ1n) is 11.3. The molecule has 4 saturated heterocycles. The Hall–Kier alpha value is -0.910. The van der Waals surface area contributed by atoms with E-state index in [-0.39, 0.29) is 24.6 Å². The summed E-state index contributed by atoms with van der Waals surface area (Å²) in [7, 11) is 0. The third-order valence-electron chi connectivity index (χ3n) is 7.73. The number of allylic oxidation sites excluding steroid dienone is 1. The SMILES string of the molecule is C[C@@]12CCC3CCC[C@H]4C(CN5CCN(CCO)CC5)=C(C(F)(F)F)O[C@H](O1)[C@@]34OO2. The van der Waals surface area contributed by atoms with Gasteiger partial charge in [0.2, 0.25) is 17.8 Å². The minimum absolute atomic E-state index is 0.0340. The van der Waals surface area contributed by atoms with E-state index in [0.717, 1.165) is 32.4 Å². The summed E-state index contributed by atoms with van der Waals surface area (Å²) in [6.45, 7) is 5.30. The first-order valence-corrected chi connectivity index (χ1v) is 11.3. The van der Waals surface area contributed by atoms with Crippen molar-refractivity contribution < 1.29 is 37.5 Å². The van der Waals surface area contributed by atoms with E-state index >= 15 is 0 Å². The topological polar surface area (TPSA) is 63.6 Å². The number of nitrogens with zero attached hydrogens (tertiary/aromatic N) is 2. The zero-order chi connectivity index (χ0) is 21.9. The summed E-state index contributed by atoms with van der Waals surface area (Å²) >= 11 is 0. The average molecular weight is 448 g/mol. The van der Waals surface area contributed by atoms with E-state index in [1.165, 1.54) is 0 Å². The number of ether oxygens (including phenoxy) is 2. The summed E-state index contributed by atoms with van der Waals surface area (Å²) in [5.41, 5.74) is -0.765. The quantitative estimate of drug-likeness (QED) is 0.663. The van der Waals surface area contributed by atoms with Gasteiger partial charge in [0, 0.05) is 51.6 Å². The number of rotatable bonds is 4. The molecule has 5 atom stereocenters. The number of aliphatic hydroxyl groups is 1. The highest BCUT2D eigenvalue weighted by molar-refractivity contribution is 5.28. The Kier molecular flexibility index (Phi) is 5.55. The number of hydrogen-bond acceptors (Lipinski definition) is 7. The van der Waals surface area contributed by atoms with Gasteiger partial charge < -0.3 is 14.6 Å². The second-order valence-electron chi connectivity index (χ2n) is 9.63. The fourth-order valence-corrected chi connectivity index (χ4v) is 6.12. The molecular weight excluding hydrogens is 417 g/mol. The Balaban J connectivity index is 1.48. The summed E-state index contributed by atoms with van der Waals surface area (Å²) in [4.78, 5) is 15.8. The van der Waals surface area contributed by atoms with Gasteiger partial charge in [0.1, 0.15) is 0 Å². The van der Waals surface area contributed by atoms with Crippen LogP contribution in [0.25, 0.3) is 0 Å². The smallest absolute Gasteiger partial charge is 0.449 e. The van der Waals surface area contributed by atoms with E-state index in [1.54, 1.807) is 6.92 Å². The molecule has 31 heavy (non-hydrogen) atoms. The van der Waals surface area contributed by atoms with Crippen LogP contribution in [0.4, 0.5) is 13.2 Å². The molecular formula is C21H31F3N2O5. The minimum Gasteiger partial charge on any atom is -0.456 e. The Morgan fingerprint density at radius 3 is 2.52 bits per heavy atom. The molecule has 1 spiro atoms. The van der Waals surface area contributed by atoms with Crippen molar-refractivity contribution in [2.24, 2.45) is 11.8 Å². The molecule has 0 radical (unpaired) electrons. The summed E-state index contributed by atoms with van der Waals surface area (Å²) < 4.78 is 54.1. The molecule has 5 fully saturated rings. The lowest BCUT2D eigenvalue weighted by molar-refractivity contribution is -0.556. The Morgan fingerprint density at radius 2 is 1.81 bits per heavy atom. The largest absolute Gasteiger partial charge is 0.456 e. The summed E-state index contributed by atoms with van der Waals surface area (Å²) in [6.07, 6.45) is -2.06. The van der Waals surface area contributed by atoms with Crippen molar-refractivity contribution in [1.82, 2.24) is 9.80 Å². The van der Waals surface area contributed by atoms with Gasteiger partial charge >= 0.3 is 6.18 Å². The lowest BCUT2D eigenvalue weighted by Crippen LogP contribution is -2.66. The van der Waals surface area contributed by atoms with Gasteiger partial charge in [-0.3, -0.25) is 9.80 Å². The molecule has 1 unspecified atom stereocenters. The van der Waals surface area contributed by atoms with Crippen LogP contribution in [-0.4, -0.2) is 84.6 Å². The first-order chi connectivity index (χ1) is 14.7. The summed E-state index contributed by atoms with van der Waals surface area (Å²) in [5, 5.41) is 9.14. The van der Waals surface area contributed by atoms with E-state index in [1.807, 2.05) is 4.90 Å². The fraction of sp³-hybridized carbons (Fsp3) is 0.905. The molecule has 5 aliphatic heterocycles. The van der Waals surface area contributed by atoms with Gasteiger partial charge in [-0.1, -0.05) is 6.42 Å². The maximum Gasteiger partial charge on any atom is 0.449 e. The molecule has 0 aromatic rings. The molecule has 1 aliphatic carbocycles. The maximum absolute atomic E-state index is 14.2. The second kappa shape index (κ2) is 7.85. The molecule has 0 amide bonds. The van der Waals surface area contributed by atoms with Gasteiger partial charge in [-0.25, -0.2) is 9.78 Å². The van der Waals surface area contributed by atoms with Crippen molar-refractivity contribution >= 4 is 0 Å². The van der Waals surface area contributed by atoms with E-state index < -0.39 is 35.5 Å². The molecule has 1 N–H and O–H groups in total. The van der Waals surface area contributed by atoms with Crippen molar-refractivity contribution in [3.8, 4) is 0 Å². The molecule has 176 valence electrons. The number of halogens is 3. The first kappa shape index (κ1) is 21.9. The van der Waals surface area contributed by atoms with Crippen LogP contribution >= 0.6 is 0 Å². The van der Waals surface area contributed by atoms with Crippen molar-refractivity contribution in [2.45, 2.75) is 62.9 Å². The number of alkyl halides is 3. The van der Waals surface area contributed by atoms with Crippen LogP contribution in [0.2, 0.25) is 0 Å². The van der Waals surface area contributed by atoms with Gasteiger partial charge in [0.15, 0.2) is 5.60 Å². The monoisotopic (exact) mass is 448 g/mol. The standard InChI is InChI=1S/C21H31F3N2O5/c1-19-6-5-14-3-2-4-16-15(13-26-9-7-25(8-10-26)11-12-27)17(21(22,23)24)28-18(29-19)20(14,16)31-30-19/h14,16,18,27H,2-13H2,1H3/t14?,16-,18+,19+,20+/m0/s1. The van der Waals surface area contributed by atoms with E-state index in [0.29, 0.717) is 32.5 Å². The van der Waals surface area contributed by atoms with Crippen LogP contribution in [0.15, 0.2) is 11.3 Å². The molecule has 10 heteroatoms. The minimum atomic E-state index is -4.60. The highest BCUT2D eigenvalue weighted by atomic mass is 19.4. The lowest BCUT2D eigenvalue weighted by atomic mass is 9.63. The van der Waals surface area contributed by atoms with E-state index in [2.05, 4.69) is 4.90 Å². The van der Waals surface area contributed by atoms with Crippen LogP contribution in [0.3, 0.4) is 0 Å². The van der Waals surface area contributed by atoms with Crippen molar-refractivity contribution in [3.05, 3.63) is 11.3 Å². The molecule has 6 aliphatic rings.